The van der Waals surface area contributed by atoms with Crippen molar-refractivity contribution in [2.24, 2.45) is 23.0 Å². The molecule has 0 saturated heterocycles. The van der Waals surface area contributed by atoms with E-state index in [1.54, 1.807) is 18.2 Å². The zero-order valence-electron chi connectivity index (χ0n) is 18.5. The zero-order chi connectivity index (χ0) is 20.3. The van der Waals surface area contributed by atoms with Crippen molar-refractivity contribution in [2.45, 2.75) is 70.3 Å². The van der Waals surface area contributed by atoms with Crippen LogP contribution in [0.3, 0.4) is 0 Å². The van der Waals surface area contributed by atoms with Crippen LogP contribution in [0.1, 0.15) is 68.9 Å². The van der Waals surface area contributed by atoms with E-state index in [-0.39, 0.29) is 0 Å². The number of benzene rings is 1. The van der Waals surface area contributed by atoms with E-state index in [2.05, 4.69) is 35.8 Å². The maximum absolute atomic E-state index is 5.56. The Morgan fingerprint density at radius 1 is 1.10 bits per heavy atom. The lowest BCUT2D eigenvalue weighted by molar-refractivity contribution is 0.0412. The molecule has 0 bridgehead atoms. The summed E-state index contributed by atoms with van der Waals surface area (Å²) >= 11 is 0. The van der Waals surface area contributed by atoms with Crippen LogP contribution in [0.5, 0.6) is 5.75 Å². The average Bonchev–Trinajstić information content (AvgIpc) is 3.08. The summed E-state index contributed by atoms with van der Waals surface area (Å²) in [4.78, 5) is 0. The summed E-state index contributed by atoms with van der Waals surface area (Å²) in [5, 5.41) is 7.46. The first-order chi connectivity index (χ1) is 14.2. The van der Waals surface area contributed by atoms with Crippen LogP contribution in [0.4, 0.5) is 0 Å². The molecule has 3 aliphatic carbocycles. The number of nitrogens with two attached hydrogens (primary N) is 1. The Bertz CT molecular complexity index is 678. The number of ether oxygens (including phenoxy) is 1. The molecule has 0 amide bonds. The molecule has 5 atom stereocenters. The molecule has 29 heavy (non-hydrogen) atoms. The second-order valence-corrected chi connectivity index (χ2v) is 9.85. The fraction of sp³-hybridized carbons (Fsp3) is 0.760. The van der Waals surface area contributed by atoms with E-state index >= 15 is 0 Å². The minimum atomic E-state index is 0.484. The number of hydrogen-bond acceptors (Lipinski definition) is 4. The van der Waals surface area contributed by atoms with Crippen molar-refractivity contribution >= 4 is 0 Å². The molecular formula is C25H41N3O. The van der Waals surface area contributed by atoms with Crippen LogP contribution in [-0.2, 0) is 6.42 Å². The number of hydrogen-bond donors (Lipinski definition) is 3. The van der Waals surface area contributed by atoms with E-state index < -0.39 is 0 Å². The molecule has 4 heteroatoms. The van der Waals surface area contributed by atoms with Gasteiger partial charge >= 0.3 is 0 Å². The smallest absolute Gasteiger partial charge is 0.119 e. The highest BCUT2D eigenvalue weighted by Crippen LogP contribution is 2.60. The van der Waals surface area contributed by atoms with Gasteiger partial charge in [0.1, 0.15) is 5.75 Å². The minimum Gasteiger partial charge on any atom is -0.497 e. The van der Waals surface area contributed by atoms with E-state index in [1.807, 2.05) is 0 Å². The maximum atomic E-state index is 5.56. The van der Waals surface area contributed by atoms with Gasteiger partial charge in [-0.25, -0.2) is 0 Å². The molecule has 1 aromatic carbocycles. The Balaban J connectivity index is 1.35. The van der Waals surface area contributed by atoms with E-state index in [9.17, 15) is 0 Å². The van der Waals surface area contributed by atoms with Crippen molar-refractivity contribution in [3.8, 4) is 5.75 Å². The Morgan fingerprint density at radius 3 is 2.79 bits per heavy atom. The van der Waals surface area contributed by atoms with Crippen LogP contribution in [0.2, 0.25) is 0 Å². The molecule has 1 aromatic rings. The first-order valence-corrected chi connectivity index (χ1v) is 12.0. The Hall–Kier alpha value is -1.10. The normalized spacial score (nSPS) is 33.1. The molecule has 0 heterocycles. The fourth-order valence-corrected chi connectivity index (χ4v) is 6.86. The summed E-state index contributed by atoms with van der Waals surface area (Å²) < 4.78 is 5.47. The Kier molecular flexibility index (Phi) is 6.83. The lowest BCUT2D eigenvalue weighted by Crippen LogP contribution is -2.49. The lowest BCUT2D eigenvalue weighted by Gasteiger charge is -2.51. The third-order valence-electron chi connectivity index (χ3n) is 8.41. The summed E-state index contributed by atoms with van der Waals surface area (Å²) in [7, 11) is 1.78. The molecule has 0 radical (unpaired) electrons. The molecule has 4 nitrogen and oxygen atoms in total. The molecule has 0 aromatic heterocycles. The Morgan fingerprint density at radius 2 is 1.97 bits per heavy atom. The van der Waals surface area contributed by atoms with Gasteiger partial charge in [-0.1, -0.05) is 13.0 Å². The quantitative estimate of drug-likeness (QED) is 0.552. The van der Waals surface area contributed by atoms with Gasteiger partial charge in [-0.05, 0) is 124 Å². The molecule has 2 saturated carbocycles. The van der Waals surface area contributed by atoms with Crippen molar-refractivity contribution in [2.75, 3.05) is 33.3 Å². The predicted octanol–water partition coefficient (Wildman–Crippen LogP) is 3.84. The summed E-state index contributed by atoms with van der Waals surface area (Å²) in [5.74, 6) is 3.55. The van der Waals surface area contributed by atoms with E-state index in [0.29, 0.717) is 11.5 Å². The number of aryl methyl sites for hydroxylation is 1. The lowest BCUT2D eigenvalue weighted by atomic mass is 9.55. The van der Waals surface area contributed by atoms with Crippen molar-refractivity contribution in [1.29, 1.82) is 0 Å². The second-order valence-electron chi connectivity index (χ2n) is 9.85. The van der Waals surface area contributed by atoms with Crippen LogP contribution in [0, 0.1) is 17.3 Å². The SMILES string of the molecule is COc1ccc2c(c1)CCC1C2CC[C@@]2(C)C1CC[C@@H]2NCCCNCCCN. The first kappa shape index (κ1) is 21.1. The largest absolute Gasteiger partial charge is 0.497 e. The fourth-order valence-electron chi connectivity index (χ4n) is 6.86. The highest BCUT2D eigenvalue weighted by molar-refractivity contribution is 5.40. The predicted molar refractivity (Wildman–Crippen MR) is 121 cm³/mol. The Labute approximate surface area is 177 Å². The first-order valence-electron chi connectivity index (χ1n) is 12.0. The van der Waals surface area contributed by atoms with Gasteiger partial charge in [-0.2, -0.15) is 0 Å². The molecular weight excluding hydrogens is 358 g/mol. The average molecular weight is 400 g/mol. The summed E-state index contributed by atoms with van der Waals surface area (Å²) in [6.45, 7) is 6.68. The molecule has 0 spiro atoms. The summed E-state index contributed by atoms with van der Waals surface area (Å²) in [5.41, 5.74) is 9.22. The van der Waals surface area contributed by atoms with Gasteiger partial charge in [-0.15, -0.1) is 0 Å². The monoisotopic (exact) mass is 399 g/mol. The van der Waals surface area contributed by atoms with E-state index in [4.69, 9.17) is 10.5 Å². The standard InChI is InChI=1S/C25H41N3O/c1-25-12-11-21-20-8-6-19(29-2)17-18(20)5-7-22(21)23(25)9-10-24(25)28-16-4-15-27-14-3-13-26/h6,8,17,21-24,27-28H,3-5,7,9-16,26H2,1-2H3/t21?,22?,23?,24-,25-/m0/s1. The number of nitrogens with one attached hydrogen (secondary N) is 2. The van der Waals surface area contributed by atoms with Crippen molar-refractivity contribution in [3.63, 3.8) is 0 Å². The van der Waals surface area contributed by atoms with Gasteiger partial charge in [0.2, 0.25) is 0 Å². The van der Waals surface area contributed by atoms with Crippen molar-refractivity contribution in [3.05, 3.63) is 29.3 Å². The molecule has 3 aliphatic rings. The van der Waals surface area contributed by atoms with Crippen LogP contribution in [0.25, 0.3) is 0 Å². The molecule has 162 valence electrons. The molecule has 2 fully saturated rings. The molecule has 3 unspecified atom stereocenters. The second kappa shape index (κ2) is 9.36. The highest BCUT2D eigenvalue weighted by Gasteiger charge is 2.54. The third kappa shape index (κ3) is 4.22. The third-order valence-corrected chi connectivity index (χ3v) is 8.41. The van der Waals surface area contributed by atoms with Gasteiger partial charge in [-0.3, -0.25) is 0 Å². The van der Waals surface area contributed by atoms with Gasteiger partial charge in [0.15, 0.2) is 0 Å². The van der Waals surface area contributed by atoms with Crippen LogP contribution in [-0.4, -0.2) is 39.3 Å². The number of rotatable bonds is 9. The van der Waals surface area contributed by atoms with E-state index in [0.717, 1.165) is 56.1 Å². The molecule has 4 rings (SSSR count). The van der Waals surface area contributed by atoms with Gasteiger partial charge in [0.05, 0.1) is 7.11 Å². The minimum absolute atomic E-state index is 0.484. The van der Waals surface area contributed by atoms with Gasteiger partial charge in [0.25, 0.3) is 0 Å². The van der Waals surface area contributed by atoms with Crippen LogP contribution in [0.15, 0.2) is 18.2 Å². The summed E-state index contributed by atoms with van der Waals surface area (Å²) in [6, 6.07) is 7.54. The maximum Gasteiger partial charge on any atom is 0.119 e. The van der Waals surface area contributed by atoms with Gasteiger partial charge < -0.3 is 21.1 Å². The van der Waals surface area contributed by atoms with Crippen molar-refractivity contribution in [1.82, 2.24) is 10.6 Å². The topological polar surface area (TPSA) is 59.3 Å². The van der Waals surface area contributed by atoms with Crippen LogP contribution < -0.4 is 21.1 Å². The van der Waals surface area contributed by atoms with E-state index in [1.165, 1.54) is 44.9 Å². The zero-order valence-corrected chi connectivity index (χ0v) is 18.5. The van der Waals surface area contributed by atoms with Gasteiger partial charge in [0, 0.05) is 6.04 Å². The summed E-state index contributed by atoms with van der Waals surface area (Å²) in [6.07, 6.45) is 10.4. The molecule has 0 aliphatic heterocycles. The molecule has 4 N–H and O–H groups in total. The van der Waals surface area contributed by atoms with Crippen LogP contribution >= 0.6 is 0 Å². The highest BCUT2D eigenvalue weighted by atomic mass is 16.5. The number of fused-ring (bicyclic) bond motifs is 5. The number of methoxy groups -OCH3 is 1. The van der Waals surface area contributed by atoms with Crippen molar-refractivity contribution < 1.29 is 4.74 Å².